The van der Waals surface area contributed by atoms with E-state index in [4.69, 9.17) is 16.3 Å². The number of halogens is 1. The summed E-state index contributed by atoms with van der Waals surface area (Å²) in [6, 6.07) is 10.4. The summed E-state index contributed by atoms with van der Waals surface area (Å²) in [5.41, 5.74) is 0. The molecular formula is C14H17ClO2Se. The predicted molar refractivity (Wildman–Crippen MR) is 74.6 cm³/mol. The van der Waals surface area contributed by atoms with Gasteiger partial charge >= 0.3 is 119 Å². The van der Waals surface area contributed by atoms with Gasteiger partial charge in [0, 0.05) is 0 Å². The zero-order valence-electron chi connectivity index (χ0n) is 10.3. The van der Waals surface area contributed by atoms with E-state index in [0.29, 0.717) is 4.82 Å². The van der Waals surface area contributed by atoms with Crippen LogP contribution in [-0.4, -0.2) is 32.4 Å². The third-order valence-corrected chi connectivity index (χ3v) is 6.89. The van der Waals surface area contributed by atoms with Crippen molar-refractivity contribution in [1.29, 1.82) is 0 Å². The van der Waals surface area contributed by atoms with E-state index in [1.807, 2.05) is 18.2 Å². The van der Waals surface area contributed by atoms with Crippen LogP contribution in [0, 0.1) is 0 Å². The van der Waals surface area contributed by atoms with Crippen molar-refractivity contribution < 1.29 is 9.53 Å². The van der Waals surface area contributed by atoms with Crippen LogP contribution in [0.5, 0.6) is 0 Å². The predicted octanol–water partition coefficient (Wildman–Crippen LogP) is 2.53. The Hall–Kier alpha value is -0.501. The fourth-order valence-corrected chi connectivity index (χ4v) is 5.44. The van der Waals surface area contributed by atoms with Crippen molar-refractivity contribution in [3.05, 3.63) is 30.3 Å². The number of carbonyl (C=O) groups is 1. The van der Waals surface area contributed by atoms with E-state index < -0.39 is 0 Å². The second-order valence-corrected chi connectivity index (χ2v) is 7.68. The summed E-state index contributed by atoms with van der Waals surface area (Å²) in [5, 5.41) is 0.128. The summed E-state index contributed by atoms with van der Waals surface area (Å²) in [7, 11) is 0. The molecule has 1 saturated carbocycles. The Kier molecular flexibility index (Phi) is 5.11. The minimum absolute atomic E-state index is 0.000967. The van der Waals surface area contributed by atoms with E-state index in [1.54, 1.807) is 0 Å². The molecule has 0 radical (unpaired) electrons. The number of ether oxygens (including phenoxy) is 1. The molecule has 0 heterocycles. The Balaban J connectivity index is 2.07. The van der Waals surface area contributed by atoms with Crippen LogP contribution in [0.15, 0.2) is 30.3 Å². The first-order chi connectivity index (χ1) is 8.66. The molecule has 0 aromatic heterocycles. The van der Waals surface area contributed by atoms with Gasteiger partial charge in [-0.15, -0.1) is 0 Å². The molecule has 0 saturated heterocycles. The number of hydrogen-bond acceptors (Lipinski definition) is 2. The Morgan fingerprint density at radius 3 is 2.72 bits per heavy atom. The quantitative estimate of drug-likeness (QED) is 0.483. The minimum atomic E-state index is -0.195. The Morgan fingerprint density at radius 1 is 1.33 bits per heavy atom. The first-order valence-electron chi connectivity index (χ1n) is 6.20. The van der Waals surface area contributed by atoms with Crippen LogP contribution >= 0.6 is 11.6 Å². The molecule has 0 unspecified atom stereocenters. The molecule has 0 amide bonds. The molecule has 1 fully saturated rings. The summed E-state index contributed by atoms with van der Waals surface area (Å²) < 4.78 is 6.76. The zero-order chi connectivity index (χ0) is 13.0. The number of rotatable bonds is 3. The number of esters is 1. The Morgan fingerprint density at radius 2 is 2.06 bits per heavy atom. The molecule has 98 valence electrons. The molecule has 18 heavy (non-hydrogen) atoms. The average Bonchev–Trinajstić information content (AvgIpc) is 2.34. The first kappa shape index (κ1) is 13.9. The summed E-state index contributed by atoms with van der Waals surface area (Å²) in [6.07, 6.45) is 3.02. The van der Waals surface area contributed by atoms with E-state index in [1.165, 1.54) is 11.4 Å². The van der Waals surface area contributed by atoms with Crippen molar-refractivity contribution in [3.8, 4) is 0 Å². The van der Waals surface area contributed by atoms with Crippen LogP contribution in [0.4, 0.5) is 0 Å². The molecule has 0 aliphatic heterocycles. The molecule has 0 spiro atoms. The summed E-state index contributed by atoms with van der Waals surface area (Å²) in [6.45, 7) is 1.48. The third kappa shape index (κ3) is 3.74. The van der Waals surface area contributed by atoms with Gasteiger partial charge in [-0.1, -0.05) is 0 Å². The van der Waals surface area contributed by atoms with E-state index in [0.717, 1.165) is 19.3 Å². The number of alkyl halides is 1. The van der Waals surface area contributed by atoms with Gasteiger partial charge < -0.3 is 0 Å². The first-order valence-corrected chi connectivity index (χ1v) is 8.48. The van der Waals surface area contributed by atoms with Gasteiger partial charge in [-0.3, -0.25) is 0 Å². The van der Waals surface area contributed by atoms with Crippen molar-refractivity contribution in [1.82, 2.24) is 0 Å². The molecule has 2 nitrogen and oxygen atoms in total. The molecule has 0 bridgehead atoms. The molecule has 1 aromatic carbocycles. The average molecular weight is 332 g/mol. The van der Waals surface area contributed by atoms with Gasteiger partial charge in [0.05, 0.1) is 0 Å². The topological polar surface area (TPSA) is 26.3 Å². The molecule has 0 N–H and O–H groups in total. The third-order valence-electron chi connectivity index (χ3n) is 3.02. The van der Waals surface area contributed by atoms with Gasteiger partial charge in [-0.25, -0.2) is 0 Å². The van der Waals surface area contributed by atoms with Gasteiger partial charge in [0.25, 0.3) is 0 Å². The Labute approximate surface area is 119 Å². The zero-order valence-corrected chi connectivity index (χ0v) is 12.8. The monoisotopic (exact) mass is 332 g/mol. The molecular weight excluding hydrogens is 315 g/mol. The van der Waals surface area contributed by atoms with Gasteiger partial charge in [0.15, 0.2) is 0 Å². The summed E-state index contributed by atoms with van der Waals surface area (Å²) in [5.74, 6) is -0.195. The SMILES string of the molecule is CC(=O)O[C@@H]1CCC[C@@H](Cl)[C@@H]1[Se]c1ccccc1. The maximum absolute atomic E-state index is 11.2. The van der Waals surface area contributed by atoms with Crippen molar-refractivity contribution in [3.63, 3.8) is 0 Å². The van der Waals surface area contributed by atoms with E-state index in [-0.39, 0.29) is 32.4 Å². The van der Waals surface area contributed by atoms with Crippen molar-refractivity contribution in [2.45, 2.75) is 42.5 Å². The second kappa shape index (κ2) is 6.60. The molecule has 4 heteroatoms. The molecule has 3 atom stereocenters. The number of hydrogen-bond donors (Lipinski definition) is 0. The fourth-order valence-electron chi connectivity index (χ4n) is 2.22. The van der Waals surface area contributed by atoms with Gasteiger partial charge in [0.2, 0.25) is 0 Å². The molecule has 1 aliphatic rings. The molecule has 1 aliphatic carbocycles. The molecule has 1 aromatic rings. The van der Waals surface area contributed by atoms with Crippen molar-refractivity contribution in [2.75, 3.05) is 0 Å². The van der Waals surface area contributed by atoms with E-state index >= 15 is 0 Å². The van der Waals surface area contributed by atoms with Crippen LogP contribution in [0.3, 0.4) is 0 Å². The van der Waals surface area contributed by atoms with Gasteiger partial charge in [-0.05, 0) is 0 Å². The summed E-state index contributed by atoms with van der Waals surface area (Å²) in [4.78, 5) is 11.4. The van der Waals surface area contributed by atoms with Crippen molar-refractivity contribution >= 4 is 37.0 Å². The normalized spacial score (nSPS) is 27.8. The van der Waals surface area contributed by atoms with Crippen LogP contribution in [0.1, 0.15) is 26.2 Å². The summed E-state index contributed by atoms with van der Waals surface area (Å²) >= 11 is 6.69. The van der Waals surface area contributed by atoms with Crippen molar-refractivity contribution in [2.24, 2.45) is 0 Å². The van der Waals surface area contributed by atoms with Gasteiger partial charge in [-0.2, -0.15) is 0 Å². The van der Waals surface area contributed by atoms with Crippen LogP contribution in [0.25, 0.3) is 0 Å². The number of benzene rings is 1. The van der Waals surface area contributed by atoms with Crippen LogP contribution < -0.4 is 4.46 Å². The number of carbonyl (C=O) groups excluding carboxylic acids is 1. The fraction of sp³-hybridized carbons (Fsp3) is 0.500. The van der Waals surface area contributed by atoms with E-state index in [9.17, 15) is 4.79 Å². The standard InChI is InChI=1S/C14H17ClO2Se/c1-10(16)17-13-9-5-8-12(15)14(13)18-11-6-3-2-4-7-11/h2-4,6-7,12-14H,5,8-9H2,1H3/t12-,13-,14+/m1/s1. The van der Waals surface area contributed by atoms with Crippen LogP contribution in [-0.2, 0) is 9.53 Å². The second-order valence-electron chi connectivity index (χ2n) is 4.49. The van der Waals surface area contributed by atoms with Crippen LogP contribution in [0.2, 0.25) is 4.82 Å². The van der Waals surface area contributed by atoms with Gasteiger partial charge in [0.1, 0.15) is 0 Å². The Bertz CT molecular complexity index is 396. The van der Waals surface area contributed by atoms with E-state index in [2.05, 4.69) is 12.1 Å². The molecule has 2 rings (SSSR count). The maximum atomic E-state index is 11.2.